The van der Waals surface area contributed by atoms with Gasteiger partial charge in [0.1, 0.15) is 5.75 Å². The van der Waals surface area contributed by atoms with Crippen molar-refractivity contribution in [3.05, 3.63) is 23.8 Å². The second-order valence-corrected chi connectivity index (χ2v) is 4.80. The van der Waals surface area contributed by atoms with Crippen molar-refractivity contribution in [3.63, 3.8) is 0 Å². The van der Waals surface area contributed by atoms with E-state index < -0.39 is 0 Å². The largest absolute Gasteiger partial charge is 0.495 e. The molecule has 1 atom stereocenters. The van der Waals surface area contributed by atoms with E-state index in [1.54, 1.807) is 7.11 Å². The van der Waals surface area contributed by atoms with Crippen LogP contribution in [-0.2, 0) is 0 Å². The molecule has 3 heteroatoms. The monoisotopic (exact) mass is 234 g/mol. The van der Waals surface area contributed by atoms with Crippen LogP contribution in [0.1, 0.15) is 18.4 Å². The maximum atomic E-state index is 5.39. The SMILES string of the molecule is COc1cc(C)ccc1NCC1CCCNC1. The van der Waals surface area contributed by atoms with Gasteiger partial charge in [-0.2, -0.15) is 0 Å². The van der Waals surface area contributed by atoms with Crippen LogP contribution >= 0.6 is 0 Å². The van der Waals surface area contributed by atoms with E-state index >= 15 is 0 Å². The number of hydrogen-bond donors (Lipinski definition) is 2. The summed E-state index contributed by atoms with van der Waals surface area (Å²) in [7, 11) is 1.72. The average molecular weight is 234 g/mol. The Morgan fingerprint density at radius 1 is 1.47 bits per heavy atom. The minimum absolute atomic E-state index is 0.731. The molecule has 1 heterocycles. The van der Waals surface area contributed by atoms with Crippen molar-refractivity contribution in [2.45, 2.75) is 19.8 Å². The predicted octanol–water partition coefficient (Wildman–Crippen LogP) is 2.42. The van der Waals surface area contributed by atoms with Gasteiger partial charge >= 0.3 is 0 Å². The fourth-order valence-electron chi connectivity index (χ4n) is 2.30. The van der Waals surface area contributed by atoms with Crippen LogP contribution < -0.4 is 15.4 Å². The van der Waals surface area contributed by atoms with Gasteiger partial charge in [-0.1, -0.05) is 6.07 Å². The maximum absolute atomic E-state index is 5.39. The molecule has 0 amide bonds. The molecule has 0 bridgehead atoms. The van der Waals surface area contributed by atoms with Crippen LogP contribution in [0.5, 0.6) is 5.75 Å². The Morgan fingerprint density at radius 2 is 2.35 bits per heavy atom. The van der Waals surface area contributed by atoms with Crippen LogP contribution in [-0.4, -0.2) is 26.7 Å². The number of nitrogens with one attached hydrogen (secondary N) is 2. The molecule has 1 aliphatic heterocycles. The van der Waals surface area contributed by atoms with E-state index in [2.05, 4.69) is 35.8 Å². The highest BCUT2D eigenvalue weighted by atomic mass is 16.5. The molecular formula is C14H22N2O. The topological polar surface area (TPSA) is 33.3 Å². The first-order chi connectivity index (χ1) is 8.29. The van der Waals surface area contributed by atoms with Gasteiger partial charge in [-0.05, 0) is 56.5 Å². The van der Waals surface area contributed by atoms with Crippen LogP contribution in [0.2, 0.25) is 0 Å². The van der Waals surface area contributed by atoms with E-state index in [1.165, 1.54) is 24.9 Å². The molecule has 1 unspecified atom stereocenters. The van der Waals surface area contributed by atoms with Gasteiger partial charge < -0.3 is 15.4 Å². The summed E-state index contributed by atoms with van der Waals surface area (Å²) < 4.78 is 5.39. The Balaban J connectivity index is 1.93. The normalized spacial score (nSPS) is 20.0. The van der Waals surface area contributed by atoms with Gasteiger partial charge in [-0.3, -0.25) is 0 Å². The summed E-state index contributed by atoms with van der Waals surface area (Å²) in [6.45, 7) is 5.40. The van der Waals surface area contributed by atoms with Crippen molar-refractivity contribution >= 4 is 5.69 Å². The van der Waals surface area contributed by atoms with Gasteiger partial charge in [-0.15, -0.1) is 0 Å². The van der Waals surface area contributed by atoms with Crippen LogP contribution in [0.15, 0.2) is 18.2 Å². The number of rotatable bonds is 4. The molecule has 1 aromatic carbocycles. The lowest BCUT2D eigenvalue weighted by Gasteiger charge is -2.23. The van der Waals surface area contributed by atoms with Crippen molar-refractivity contribution in [2.75, 3.05) is 32.1 Å². The fourth-order valence-corrected chi connectivity index (χ4v) is 2.30. The predicted molar refractivity (Wildman–Crippen MR) is 71.8 cm³/mol. The minimum Gasteiger partial charge on any atom is -0.495 e. The van der Waals surface area contributed by atoms with Crippen LogP contribution in [0, 0.1) is 12.8 Å². The highest BCUT2D eigenvalue weighted by Gasteiger charge is 2.13. The molecule has 1 saturated heterocycles. The van der Waals surface area contributed by atoms with Crippen LogP contribution in [0.3, 0.4) is 0 Å². The Hall–Kier alpha value is -1.22. The first-order valence-corrected chi connectivity index (χ1v) is 6.39. The minimum atomic E-state index is 0.731. The number of hydrogen-bond acceptors (Lipinski definition) is 3. The summed E-state index contributed by atoms with van der Waals surface area (Å²) >= 11 is 0. The smallest absolute Gasteiger partial charge is 0.142 e. The lowest BCUT2D eigenvalue weighted by atomic mass is 9.99. The van der Waals surface area contributed by atoms with E-state index in [9.17, 15) is 0 Å². The molecule has 0 aliphatic carbocycles. The second-order valence-electron chi connectivity index (χ2n) is 4.80. The number of anilines is 1. The molecular weight excluding hydrogens is 212 g/mol. The summed E-state index contributed by atoms with van der Waals surface area (Å²) in [5.74, 6) is 1.67. The summed E-state index contributed by atoms with van der Waals surface area (Å²) in [5.41, 5.74) is 2.33. The first kappa shape index (κ1) is 12.2. The fraction of sp³-hybridized carbons (Fsp3) is 0.571. The van der Waals surface area contributed by atoms with Gasteiger partial charge in [0.2, 0.25) is 0 Å². The van der Waals surface area contributed by atoms with E-state index in [-0.39, 0.29) is 0 Å². The molecule has 0 spiro atoms. The summed E-state index contributed by atoms with van der Waals surface area (Å²) in [6.07, 6.45) is 2.60. The van der Waals surface area contributed by atoms with Gasteiger partial charge in [-0.25, -0.2) is 0 Å². The number of aryl methyl sites for hydroxylation is 1. The first-order valence-electron chi connectivity index (χ1n) is 6.39. The quantitative estimate of drug-likeness (QED) is 0.839. The molecule has 0 aromatic heterocycles. The third-order valence-electron chi connectivity index (χ3n) is 3.34. The van der Waals surface area contributed by atoms with Crippen molar-refractivity contribution in [1.29, 1.82) is 0 Å². The highest BCUT2D eigenvalue weighted by molar-refractivity contribution is 5.57. The Bertz CT molecular complexity index is 359. The van der Waals surface area contributed by atoms with E-state index in [0.29, 0.717) is 0 Å². The molecule has 1 fully saturated rings. The van der Waals surface area contributed by atoms with Crippen LogP contribution in [0.4, 0.5) is 5.69 Å². The van der Waals surface area contributed by atoms with Gasteiger partial charge in [0.25, 0.3) is 0 Å². The summed E-state index contributed by atoms with van der Waals surface area (Å²) in [6, 6.07) is 6.29. The van der Waals surface area contributed by atoms with Gasteiger partial charge in [0.15, 0.2) is 0 Å². The molecule has 0 radical (unpaired) electrons. The molecule has 1 aromatic rings. The molecule has 0 saturated carbocycles. The third-order valence-corrected chi connectivity index (χ3v) is 3.34. The van der Waals surface area contributed by atoms with Crippen LogP contribution in [0.25, 0.3) is 0 Å². The molecule has 17 heavy (non-hydrogen) atoms. The zero-order valence-electron chi connectivity index (χ0n) is 10.8. The molecule has 2 N–H and O–H groups in total. The van der Waals surface area contributed by atoms with Gasteiger partial charge in [0.05, 0.1) is 12.8 Å². The van der Waals surface area contributed by atoms with Gasteiger partial charge in [0, 0.05) is 6.54 Å². The molecule has 2 rings (SSSR count). The van der Waals surface area contributed by atoms with Crippen molar-refractivity contribution in [1.82, 2.24) is 5.32 Å². The second kappa shape index (κ2) is 5.92. The third kappa shape index (κ3) is 3.37. The molecule has 94 valence electrons. The zero-order chi connectivity index (χ0) is 12.1. The Kier molecular flexibility index (Phi) is 4.26. The highest BCUT2D eigenvalue weighted by Crippen LogP contribution is 2.25. The summed E-state index contributed by atoms with van der Waals surface area (Å²) in [5, 5.41) is 6.93. The van der Waals surface area contributed by atoms with Crippen molar-refractivity contribution in [2.24, 2.45) is 5.92 Å². The number of methoxy groups -OCH3 is 1. The number of benzene rings is 1. The molecule has 3 nitrogen and oxygen atoms in total. The Morgan fingerprint density at radius 3 is 3.06 bits per heavy atom. The zero-order valence-corrected chi connectivity index (χ0v) is 10.8. The number of ether oxygens (including phenoxy) is 1. The van der Waals surface area contributed by atoms with E-state index in [0.717, 1.165) is 30.4 Å². The van der Waals surface area contributed by atoms with Crippen molar-refractivity contribution in [3.8, 4) is 5.75 Å². The van der Waals surface area contributed by atoms with Crippen molar-refractivity contribution < 1.29 is 4.74 Å². The lowest BCUT2D eigenvalue weighted by molar-refractivity contribution is 0.390. The van der Waals surface area contributed by atoms with E-state index in [1.807, 2.05) is 0 Å². The average Bonchev–Trinajstić information content (AvgIpc) is 2.38. The maximum Gasteiger partial charge on any atom is 0.142 e. The standard InChI is InChI=1S/C14H22N2O/c1-11-5-6-13(14(8-11)17-2)16-10-12-4-3-7-15-9-12/h5-6,8,12,15-16H,3-4,7,9-10H2,1-2H3. The van der Waals surface area contributed by atoms with E-state index in [4.69, 9.17) is 4.74 Å². The lowest BCUT2D eigenvalue weighted by Crippen LogP contribution is -2.33. The Labute approximate surface area is 104 Å². The molecule has 1 aliphatic rings. The summed E-state index contributed by atoms with van der Waals surface area (Å²) in [4.78, 5) is 0. The number of piperidine rings is 1.